The molecule has 0 aliphatic heterocycles. The number of para-hydroxylation sites is 1. The molecule has 0 amide bonds. The fraction of sp³-hybridized carbons (Fsp3) is 0.417. The predicted molar refractivity (Wildman–Crippen MR) is 57.9 cm³/mol. The second-order valence-electron chi connectivity index (χ2n) is 3.45. The van der Waals surface area contributed by atoms with Crippen molar-refractivity contribution in [1.82, 2.24) is 0 Å². The van der Waals surface area contributed by atoms with E-state index in [1.807, 2.05) is 26.0 Å². The van der Waals surface area contributed by atoms with Gasteiger partial charge in [-0.3, -0.25) is 0 Å². The number of hydrogen-bond donors (Lipinski definition) is 0. The number of nitrogens with zero attached hydrogens (tertiary/aromatic N) is 1. The van der Waals surface area contributed by atoms with Crippen molar-refractivity contribution in [3.8, 4) is 11.8 Å². The summed E-state index contributed by atoms with van der Waals surface area (Å²) in [6.45, 7) is 4.35. The Kier molecular flexibility index (Phi) is 4.14. The topological polar surface area (TPSA) is 42.2 Å². The highest BCUT2D eigenvalue weighted by molar-refractivity contribution is 5.47. The Balaban J connectivity index is 2.88. The predicted octanol–water partition coefficient (Wildman–Crippen LogP) is 2.28. The van der Waals surface area contributed by atoms with Gasteiger partial charge in [-0.15, -0.1) is 0 Å². The number of ether oxygens (including phenoxy) is 2. The molecular formula is C12H15NO2. The van der Waals surface area contributed by atoms with Crippen LogP contribution in [0, 0.1) is 18.3 Å². The molecule has 0 spiro atoms. The summed E-state index contributed by atoms with van der Waals surface area (Å²) in [7, 11) is 1.63. The van der Waals surface area contributed by atoms with Gasteiger partial charge in [0, 0.05) is 7.11 Å². The molecule has 1 aromatic rings. The van der Waals surface area contributed by atoms with E-state index < -0.39 is 0 Å². The largest absolute Gasteiger partial charge is 0.487 e. The fourth-order valence-electron chi connectivity index (χ4n) is 1.37. The van der Waals surface area contributed by atoms with Crippen molar-refractivity contribution in [3.05, 3.63) is 29.3 Å². The molecule has 1 atom stereocenters. The number of rotatable bonds is 4. The van der Waals surface area contributed by atoms with E-state index in [9.17, 15) is 0 Å². The van der Waals surface area contributed by atoms with Gasteiger partial charge in [-0.25, -0.2) is 0 Å². The Morgan fingerprint density at radius 2 is 2.20 bits per heavy atom. The van der Waals surface area contributed by atoms with Gasteiger partial charge in [0.1, 0.15) is 17.9 Å². The third kappa shape index (κ3) is 2.97. The third-order valence-electron chi connectivity index (χ3n) is 2.05. The van der Waals surface area contributed by atoms with Gasteiger partial charge in [0.25, 0.3) is 0 Å². The lowest BCUT2D eigenvalue weighted by atomic mass is 10.1. The average molecular weight is 205 g/mol. The lowest BCUT2D eigenvalue weighted by Gasteiger charge is -2.16. The summed E-state index contributed by atoms with van der Waals surface area (Å²) in [4.78, 5) is 0. The molecule has 80 valence electrons. The van der Waals surface area contributed by atoms with Crippen LogP contribution in [0.2, 0.25) is 0 Å². The highest BCUT2D eigenvalue weighted by Gasteiger charge is 2.10. The minimum atomic E-state index is -0.0526. The molecule has 1 unspecified atom stereocenters. The van der Waals surface area contributed by atoms with Crippen LogP contribution in [0.4, 0.5) is 0 Å². The number of methoxy groups -OCH3 is 1. The van der Waals surface area contributed by atoms with E-state index in [-0.39, 0.29) is 6.10 Å². The molecule has 0 N–H and O–H groups in total. The molecule has 3 nitrogen and oxygen atoms in total. The number of aryl methyl sites for hydroxylation is 1. The Morgan fingerprint density at radius 3 is 2.80 bits per heavy atom. The van der Waals surface area contributed by atoms with E-state index >= 15 is 0 Å². The Labute approximate surface area is 90.2 Å². The van der Waals surface area contributed by atoms with Crippen LogP contribution in [-0.2, 0) is 4.74 Å². The van der Waals surface area contributed by atoms with Crippen molar-refractivity contribution in [2.75, 3.05) is 13.7 Å². The van der Waals surface area contributed by atoms with Crippen LogP contribution in [0.5, 0.6) is 5.75 Å². The van der Waals surface area contributed by atoms with Crippen molar-refractivity contribution < 1.29 is 9.47 Å². The molecule has 0 radical (unpaired) electrons. The first-order chi connectivity index (χ1) is 7.19. The third-order valence-corrected chi connectivity index (χ3v) is 2.05. The van der Waals surface area contributed by atoms with Crippen LogP contribution in [0.1, 0.15) is 18.1 Å². The van der Waals surface area contributed by atoms with Crippen LogP contribution in [-0.4, -0.2) is 19.8 Å². The Morgan fingerprint density at radius 1 is 1.47 bits per heavy atom. The quantitative estimate of drug-likeness (QED) is 0.757. The van der Waals surface area contributed by atoms with E-state index in [4.69, 9.17) is 14.7 Å². The summed E-state index contributed by atoms with van der Waals surface area (Å²) in [6, 6.07) is 7.65. The van der Waals surface area contributed by atoms with Gasteiger partial charge in [0.15, 0.2) is 0 Å². The van der Waals surface area contributed by atoms with Crippen LogP contribution in [0.3, 0.4) is 0 Å². The van der Waals surface area contributed by atoms with Gasteiger partial charge in [0.05, 0.1) is 12.2 Å². The lowest BCUT2D eigenvalue weighted by molar-refractivity contribution is 0.0914. The molecule has 15 heavy (non-hydrogen) atoms. The van der Waals surface area contributed by atoms with Crippen LogP contribution >= 0.6 is 0 Å². The van der Waals surface area contributed by atoms with Gasteiger partial charge < -0.3 is 9.47 Å². The maximum atomic E-state index is 8.92. The van der Waals surface area contributed by atoms with Gasteiger partial charge in [-0.1, -0.05) is 12.1 Å². The van der Waals surface area contributed by atoms with E-state index in [1.165, 1.54) is 0 Å². The molecule has 0 aromatic heterocycles. The fourth-order valence-corrected chi connectivity index (χ4v) is 1.37. The van der Waals surface area contributed by atoms with Gasteiger partial charge in [-0.05, 0) is 25.5 Å². The zero-order valence-electron chi connectivity index (χ0n) is 9.28. The molecule has 1 rings (SSSR count). The van der Waals surface area contributed by atoms with E-state index in [1.54, 1.807) is 13.2 Å². The van der Waals surface area contributed by atoms with Gasteiger partial charge in [-0.2, -0.15) is 5.26 Å². The van der Waals surface area contributed by atoms with E-state index in [0.29, 0.717) is 17.9 Å². The number of benzene rings is 1. The van der Waals surface area contributed by atoms with Gasteiger partial charge in [0.2, 0.25) is 0 Å². The second-order valence-corrected chi connectivity index (χ2v) is 3.45. The molecule has 0 bridgehead atoms. The standard InChI is InChI=1S/C12H15NO2/c1-9-5-4-6-11(7-13)12(9)15-10(2)8-14-3/h4-6,10H,8H2,1-3H3. The molecule has 0 fully saturated rings. The monoisotopic (exact) mass is 205 g/mol. The second kappa shape index (κ2) is 5.38. The first-order valence-corrected chi connectivity index (χ1v) is 4.84. The Hall–Kier alpha value is -1.53. The summed E-state index contributed by atoms with van der Waals surface area (Å²) in [5.41, 5.74) is 1.54. The lowest BCUT2D eigenvalue weighted by Crippen LogP contribution is -2.19. The molecule has 3 heteroatoms. The highest BCUT2D eigenvalue weighted by Crippen LogP contribution is 2.23. The SMILES string of the molecule is COCC(C)Oc1c(C)cccc1C#N. The smallest absolute Gasteiger partial charge is 0.140 e. The minimum absolute atomic E-state index is 0.0526. The maximum Gasteiger partial charge on any atom is 0.140 e. The minimum Gasteiger partial charge on any atom is -0.487 e. The van der Waals surface area contributed by atoms with Crippen molar-refractivity contribution in [2.45, 2.75) is 20.0 Å². The molecule has 0 aliphatic carbocycles. The summed E-state index contributed by atoms with van der Waals surface area (Å²) in [5, 5.41) is 8.92. The van der Waals surface area contributed by atoms with Crippen molar-refractivity contribution >= 4 is 0 Å². The molecule has 0 saturated heterocycles. The van der Waals surface area contributed by atoms with Crippen molar-refractivity contribution in [3.63, 3.8) is 0 Å². The highest BCUT2D eigenvalue weighted by atomic mass is 16.5. The maximum absolute atomic E-state index is 8.92. The first kappa shape index (κ1) is 11.5. The number of hydrogen-bond acceptors (Lipinski definition) is 3. The number of nitriles is 1. The zero-order chi connectivity index (χ0) is 11.3. The molecule has 0 heterocycles. The summed E-state index contributed by atoms with van der Waals surface area (Å²) >= 11 is 0. The normalized spacial score (nSPS) is 11.9. The summed E-state index contributed by atoms with van der Waals surface area (Å²) < 4.78 is 10.6. The molecule has 0 saturated carbocycles. The summed E-state index contributed by atoms with van der Waals surface area (Å²) in [5.74, 6) is 0.657. The van der Waals surface area contributed by atoms with Crippen LogP contribution in [0.25, 0.3) is 0 Å². The van der Waals surface area contributed by atoms with Crippen molar-refractivity contribution in [2.24, 2.45) is 0 Å². The summed E-state index contributed by atoms with van der Waals surface area (Å²) in [6.07, 6.45) is -0.0526. The van der Waals surface area contributed by atoms with E-state index in [0.717, 1.165) is 5.56 Å². The average Bonchev–Trinajstić information content (AvgIpc) is 2.21. The van der Waals surface area contributed by atoms with Crippen molar-refractivity contribution in [1.29, 1.82) is 5.26 Å². The van der Waals surface area contributed by atoms with Crippen LogP contribution in [0.15, 0.2) is 18.2 Å². The zero-order valence-corrected chi connectivity index (χ0v) is 9.28. The van der Waals surface area contributed by atoms with E-state index in [2.05, 4.69) is 6.07 Å². The Bertz CT molecular complexity index is 368. The molecule has 1 aromatic carbocycles. The van der Waals surface area contributed by atoms with Gasteiger partial charge >= 0.3 is 0 Å². The molecular weight excluding hydrogens is 190 g/mol. The van der Waals surface area contributed by atoms with Crippen LogP contribution < -0.4 is 4.74 Å². The molecule has 0 aliphatic rings. The first-order valence-electron chi connectivity index (χ1n) is 4.84.